The molecule has 0 saturated heterocycles. The molecule has 1 amide bonds. The van der Waals surface area contributed by atoms with E-state index in [-0.39, 0.29) is 12.2 Å². The van der Waals surface area contributed by atoms with Gasteiger partial charge in [0, 0.05) is 4.88 Å². The van der Waals surface area contributed by atoms with E-state index in [9.17, 15) is 14.9 Å². The summed E-state index contributed by atoms with van der Waals surface area (Å²) < 4.78 is 5.22. The van der Waals surface area contributed by atoms with E-state index in [0.717, 1.165) is 35.3 Å². The van der Waals surface area contributed by atoms with Crippen molar-refractivity contribution in [2.75, 3.05) is 11.9 Å². The molecule has 5 nitrogen and oxygen atoms in total. The Morgan fingerprint density at radius 3 is 2.79 bits per heavy atom. The fourth-order valence-electron chi connectivity index (χ4n) is 3.29. The lowest BCUT2D eigenvalue weighted by Crippen LogP contribution is -2.17. The Morgan fingerprint density at radius 2 is 2.11 bits per heavy atom. The Morgan fingerprint density at radius 1 is 1.36 bits per heavy atom. The molecule has 1 heterocycles. The van der Waals surface area contributed by atoms with Crippen LogP contribution >= 0.6 is 11.3 Å². The summed E-state index contributed by atoms with van der Waals surface area (Å²) in [6, 6.07) is 11.1. The lowest BCUT2D eigenvalue weighted by Gasteiger charge is -2.18. The largest absolute Gasteiger partial charge is 0.462 e. The van der Waals surface area contributed by atoms with Gasteiger partial charge in [0.05, 0.1) is 12.2 Å². The van der Waals surface area contributed by atoms with Gasteiger partial charge in [-0.1, -0.05) is 37.3 Å². The average molecular weight is 394 g/mol. The Kier molecular flexibility index (Phi) is 6.27. The molecule has 0 aliphatic heterocycles. The molecule has 0 fully saturated rings. The van der Waals surface area contributed by atoms with Crippen LogP contribution in [0.2, 0.25) is 0 Å². The summed E-state index contributed by atoms with van der Waals surface area (Å²) in [6.07, 6.45) is 4.21. The SMILES string of the molecule is CCOC(=O)c1c(NC(=O)/C(C#N)=C\c2ccccc2)sc2c1CC[C@H](C)C2. The maximum Gasteiger partial charge on any atom is 0.341 e. The first kappa shape index (κ1) is 19.8. The third kappa shape index (κ3) is 4.32. The van der Waals surface area contributed by atoms with Gasteiger partial charge in [-0.05, 0) is 49.3 Å². The lowest BCUT2D eigenvalue weighted by molar-refractivity contribution is -0.112. The number of carbonyl (C=O) groups excluding carboxylic acids is 2. The van der Waals surface area contributed by atoms with E-state index in [4.69, 9.17) is 4.74 Å². The molecule has 1 aromatic heterocycles. The molecular formula is C22H22N2O3S. The van der Waals surface area contributed by atoms with Gasteiger partial charge in [-0.3, -0.25) is 4.79 Å². The first-order valence-electron chi connectivity index (χ1n) is 9.33. The molecule has 144 valence electrons. The molecule has 28 heavy (non-hydrogen) atoms. The standard InChI is InChI=1S/C22H22N2O3S/c1-3-27-22(26)19-17-10-9-14(2)11-18(17)28-21(19)24-20(25)16(13-23)12-15-7-5-4-6-8-15/h4-8,12,14H,3,9-11H2,1-2H3,(H,24,25)/b16-12-/t14-/m0/s1. The Labute approximate surface area is 168 Å². The number of benzene rings is 1. The first-order chi connectivity index (χ1) is 13.5. The second-order valence-corrected chi connectivity index (χ2v) is 7.92. The zero-order valence-corrected chi connectivity index (χ0v) is 16.8. The van der Waals surface area contributed by atoms with Crippen molar-refractivity contribution in [2.45, 2.75) is 33.1 Å². The van der Waals surface area contributed by atoms with Crippen molar-refractivity contribution < 1.29 is 14.3 Å². The fraction of sp³-hybridized carbons (Fsp3) is 0.318. The Balaban J connectivity index is 1.92. The zero-order valence-electron chi connectivity index (χ0n) is 16.0. The molecule has 0 radical (unpaired) electrons. The predicted molar refractivity (Wildman–Crippen MR) is 110 cm³/mol. The summed E-state index contributed by atoms with van der Waals surface area (Å²) in [5.74, 6) is -0.406. The van der Waals surface area contributed by atoms with E-state index in [1.807, 2.05) is 36.4 Å². The van der Waals surface area contributed by atoms with E-state index in [0.29, 0.717) is 16.5 Å². The molecule has 1 N–H and O–H groups in total. The number of nitriles is 1. The molecule has 2 aromatic rings. The summed E-state index contributed by atoms with van der Waals surface area (Å²) in [4.78, 5) is 26.4. The molecule has 1 atom stereocenters. The van der Waals surface area contributed by atoms with Crippen molar-refractivity contribution in [3.63, 3.8) is 0 Å². The second kappa shape index (κ2) is 8.85. The highest BCUT2D eigenvalue weighted by Crippen LogP contribution is 2.40. The highest BCUT2D eigenvalue weighted by molar-refractivity contribution is 7.17. The number of amides is 1. The Bertz CT molecular complexity index is 954. The van der Waals surface area contributed by atoms with Crippen LogP contribution in [0.15, 0.2) is 35.9 Å². The van der Waals surface area contributed by atoms with Gasteiger partial charge in [0.15, 0.2) is 0 Å². The van der Waals surface area contributed by atoms with E-state index in [1.165, 1.54) is 17.4 Å². The number of nitrogens with one attached hydrogen (secondary N) is 1. The number of rotatable bonds is 5. The van der Waals surface area contributed by atoms with E-state index < -0.39 is 11.9 Å². The number of ether oxygens (including phenoxy) is 1. The molecule has 0 saturated carbocycles. The van der Waals surface area contributed by atoms with Crippen LogP contribution in [0.3, 0.4) is 0 Å². The van der Waals surface area contributed by atoms with Crippen LogP contribution in [0, 0.1) is 17.2 Å². The van der Waals surface area contributed by atoms with Crippen LogP contribution < -0.4 is 5.32 Å². The fourth-order valence-corrected chi connectivity index (χ4v) is 4.69. The molecule has 1 aromatic carbocycles. The summed E-state index contributed by atoms with van der Waals surface area (Å²) in [6.45, 7) is 4.21. The minimum Gasteiger partial charge on any atom is -0.462 e. The summed E-state index contributed by atoms with van der Waals surface area (Å²) in [5.41, 5.74) is 2.17. The molecule has 0 unspecified atom stereocenters. The van der Waals surface area contributed by atoms with Crippen molar-refractivity contribution in [2.24, 2.45) is 5.92 Å². The monoisotopic (exact) mass is 394 g/mol. The summed E-state index contributed by atoms with van der Waals surface area (Å²) in [7, 11) is 0. The number of anilines is 1. The number of fused-ring (bicyclic) bond motifs is 1. The summed E-state index contributed by atoms with van der Waals surface area (Å²) >= 11 is 1.41. The first-order valence-corrected chi connectivity index (χ1v) is 10.1. The van der Waals surface area contributed by atoms with Crippen LogP contribution in [0.25, 0.3) is 6.08 Å². The highest BCUT2D eigenvalue weighted by Gasteiger charge is 2.29. The van der Waals surface area contributed by atoms with E-state index in [1.54, 1.807) is 6.92 Å². The van der Waals surface area contributed by atoms with Gasteiger partial charge in [-0.15, -0.1) is 11.3 Å². The van der Waals surface area contributed by atoms with Crippen molar-refractivity contribution in [1.82, 2.24) is 0 Å². The highest BCUT2D eigenvalue weighted by atomic mass is 32.1. The van der Waals surface area contributed by atoms with Gasteiger partial charge in [-0.2, -0.15) is 5.26 Å². The molecular weight excluding hydrogens is 372 g/mol. The maximum atomic E-state index is 12.7. The minimum absolute atomic E-state index is 0.0132. The van der Waals surface area contributed by atoms with Gasteiger partial charge in [-0.25, -0.2) is 4.79 Å². The smallest absolute Gasteiger partial charge is 0.341 e. The Hall–Kier alpha value is -2.91. The van der Waals surface area contributed by atoms with Gasteiger partial charge in [0.1, 0.15) is 16.6 Å². The van der Waals surface area contributed by atoms with E-state index >= 15 is 0 Å². The van der Waals surface area contributed by atoms with Crippen LogP contribution in [-0.2, 0) is 22.4 Å². The van der Waals surface area contributed by atoms with Crippen molar-refractivity contribution in [3.05, 3.63) is 57.5 Å². The predicted octanol–water partition coefficient (Wildman–Crippen LogP) is 4.60. The van der Waals surface area contributed by atoms with Crippen LogP contribution in [0.4, 0.5) is 5.00 Å². The third-order valence-corrected chi connectivity index (χ3v) is 5.86. The maximum absolute atomic E-state index is 12.7. The van der Waals surface area contributed by atoms with Gasteiger partial charge in [0.25, 0.3) is 5.91 Å². The number of hydrogen-bond donors (Lipinski definition) is 1. The minimum atomic E-state index is -0.524. The number of hydrogen-bond acceptors (Lipinski definition) is 5. The average Bonchev–Trinajstić information content (AvgIpc) is 3.03. The number of esters is 1. The molecule has 1 aliphatic rings. The van der Waals surface area contributed by atoms with Crippen LogP contribution in [0.5, 0.6) is 0 Å². The molecule has 0 spiro atoms. The number of nitrogens with zero attached hydrogens (tertiary/aromatic N) is 1. The molecule has 3 rings (SSSR count). The second-order valence-electron chi connectivity index (χ2n) is 6.81. The zero-order chi connectivity index (χ0) is 20.1. The van der Waals surface area contributed by atoms with Gasteiger partial charge >= 0.3 is 5.97 Å². The number of thiophene rings is 1. The summed E-state index contributed by atoms with van der Waals surface area (Å²) in [5, 5.41) is 12.7. The normalized spacial score (nSPS) is 16.0. The van der Waals surface area contributed by atoms with Crippen LogP contribution in [0.1, 0.15) is 46.6 Å². The lowest BCUT2D eigenvalue weighted by atomic mass is 9.88. The number of carbonyl (C=O) groups is 2. The van der Waals surface area contributed by atoms with Crippen molar-refractivity contribution in [3.8, 4) is 6.07 Å². The van der Waals surface area contributed by atoms with Crippen molar-refractivity contribution >= 4 is 34.3 Å². The third-order valence-electron chi connectivity index (χ3n) is 4.69. The van der Waals surface area contributed by atoms with Crippen molar-refractivity contribution in [1.29, 1.82) is 5.26 Å². The topological polar surface area (TPSA) is 79.2 Å². The quantitative estimate of drug-likeness (QED) is 0.457. The van der Waals surface area contributed by atoms with E-state index in [2.05, 4.69) is 12.2 Å². The molecule has 1 aliphatic carbocycles. The van der Waals surface area contributed by atoms with Gasteiger partial charge in [0.2, 0.25) is 0 Å². The van der Waals surface area contributed by atoms with Gasteiger partial charge < -0.3 is 10.1 Å². The molecule has 0 bridgehead atoms. The van der Waals surface area contributed by atoms with Crippen LogP contribution in [-0.4, -0.2) is 18.5 Å². The molecule has 6 heteroatoms.